The van der Waals surface area contributed by atoms with Crippen LogP contribution in [0.5, 0.6) is 5.75 Å². The van der Waals surface area contributed by atoms with Gasteiger partial charge in [-0.1, -0.05) is 114 Å². The summed E-state index contributed by atoms with van der Waals surface area (Å²) in [5.41, 5.74) is 22.4. The smallest absolute Gasteiger partial charge is 0.244 e. The summed E-state index contributed by atoms with van der Waals surface area (Å²) in [5, 5.41) is 31.3. The summed E-state index contributed by atoms with van der Waals surface area (Å²) in [5.74, 6) is -7.07. The lowest BCUT2D eigenvalue weighted by atomic mass is 10.00. The van der Waals surface area contributed by atoms with Gasteiger partial charge in [-0.25, -0.2) is 0 Å². The molecule has 6 aromatic rings. The summed E-state index contributed by atoms with van der Waals surface area (Å²) in [6, 6.07) is 19.5. The minimum Gasteiger partial charge on any atom is -0.508 e. The summed E-state index contributed by atoms with van der Waals surface area (Å²) < 4.78 is 0. The average Bonchev–Trinajstić information content (AvgIpc) is 4.06. The molecule has 1 aliphatic heterocycles. The number of aromatic nitrogens is 2. The van der Waals surface area contributed by atoms with Crippen molar-refractivity contribution in [2.45, 2.75) is 107 Å². The Morgan fingerprint density at radius 2 is 1.21 bits per heavy atom. The lowest BCUT2D eigenvalue weighted by Crippen LogP contribution is -2.61. The molecule has 3 heterocycles. The molecular formula is C57H70N12O9S2. The molecule has 1 saturated heterocycles. The van der Waals surface area contributed by atoms with E-state index in [1.165, 1.54) is 12.1 Å². The molecule has 424 valence electrons. The highest BCUT2D eigenvalue weighted by molar-refractivity contribution is 8.76. The van der Waals surface area contributed by atoms with E-state index in [0.717, 1.165) is 49.0 Å². The van der Waals surface area contributed by atoms with Crippen LogP contribution in [-0.4, -0.2) is 129 Å². The molecule has 0 saturated carbocycles. The summed E-state index contributed by atoms with van der Waals surface area (Å²) >= 11 is 0. The fourth-order valence-electron chi connectivity index (χ4n) is 9.29. The Hall–Kier alpha value is -7.86. The van der Waals surface area contributed by atoms with Gasteiger partial charge in [0.15, 0.2) is 0 Å². The maximum atomic E-state index is 14.9. The lowest BCUT2D eigenvalue weighted by molar-refractivity contribution is -0.136. The van der Waals surface area contributed by atoms with Gasteiger partial charge in [0.1, 0.15) is 48.0 Å². The number of hydrogen-bond acceptors (Lipinski definition) is 13. The third kappa shape index (κ3) is 16.6. The van der Waals surface area contributed by atoms with Crippen LogP contribution in [0.4, 0.5) is 0 Å². The number of carbonyl (C=O) groups is 8. The van der Waals surface area contributed by atoms with Crippen LogP contribution in [0, 0.1) is 5.92 Å². The number of H-pyrrole nitrogens is 2. The molecule has 16 N–H and O–H groups in total. The number of phenolic OH excluding ortho intramolecular Hbond substituents is 1. The second kappa shape index (κ2) is 28.9. The Morgan fingerprint density at radius 3 is 1.86 bits per heavy atom. The number of aromatic hydroxyl groups is 1. The monoisotopic (exact) mass is 1130 g/mol. The van der Waals surface area contributed by atoms with Crippen LogP contribution in [-0.2, 0) is 64.0 Å². The van der Waals surface area contributed by atoms with Crippen LogP contribution < -0.4 is 54.4 Å². The highest BCUT2D eigenvalue weighted by Crippen LogP contribution is 2.25. The fraction of sp³-hybridized carbons (Fsp3) is 0.368. The van der Waals surface area contributed by atoms with Gasteiger partial charge >= 0.3 is 0 Å². The van der Waals surface area contributed by atoms with Crippen molar-refractivity contribution in [3.63, 3.8) is 0 Å². The van der Waals surface area contributed by atoms with Gasteiger partial charge in [-0.2, -0.15) is 0 Å². The third-order valence-electron chi connectivity index (χ3n) is 13.8. The number of aromatic amines is 2. The molecule has 7 rings (SSSR count). The minimum atomic E-state index is -1.40. The Balaban J connectivity index is 1.25. The van der Waals surface area contributed by atoms with E-state index in [0.29, 0.717) is 29.5 Å². The first-order valence-corrected chi connectivity index (χ1v) is 29.0. The molecule has 3 unspecified atom stereocenters. The van der Waals surface area contributed by atoms with Crippen molar-refractivity contribution in [1.29, 1.82) is 0 Å². The third-order valence-corrected chi connectivity index (χ3v) is 16.2. The van der Waals surface area contributed by atoms with Crippen LogP contribution >= 0.6 is 21.6 Å². The molecule has 8 amide bonds. The molecule has 1 fully saturated rings. The molecule has 21 nitrogen and oxygen atoms in total. The van der Waals surface area contributed by atoms with Crippen molar-refractivity contribution < 1.29 is 43.5 Å². The second-order valence-corrected chi connectivity index (χ2v) is 22.7. The van der Waals surface area contributed by atoms with Crippen LogP contribution in [0.15, 0.2) is 116 Å². The Kier molecular flexibility index (Phi) is 21.6. The van der Waals surface area contributed by atoms with Crippen molar-refractivity contribution in [1.82, 2.24) is 47.2 Å². The highest BCUT2D eigenvalue weighted by atomic mass is 33.1. The van der Waals surface area contributed by atoms with Crippen LogP contribution in [0.25, 0.3) is 21.8 Å². The van der Waals surface area contributed by atoms with E-state index in [2.05, 4.69) is 47.2 Å². The second-order valence-electron chi connectivity index (χ2n) is 20.1. The molecule has 8 atom stereocenters. The zero-order valence-corrected chi connectivity index (χ0v) is 46.1. The van der Waals surface area contributed by atoms with Crippen LogP contribution in [0.2, 0.25) is 0 Å². The topological polar surface area (TPSA) is 351 Å². The Morgan fingerprint density at radius 1 is 0.637 bits per heavy atom. The average molecular weight is 1130 g/mol. The van der Waals surface area contributed by atoms with Gasteiger partial charge < -0.3 is 69.5 Å². The molecule has 80 heavy (non-hydrogen) atoms. The molecule has 0 aliphatic carbocycles. The molecule has 0 bridgehead atoms. The normalized spacial score (nSPS) is 20.8. The van der Waals surface area contributed by atoms with Gasteiger partial charge in [-0.3, -0.25) is 38.4 Å². The molecule has 0 spiro atoms. The molecule has 0 radical (unpaired) electrons. The van der Waals surface area contributed by atoms with E-state index in [1.54, 1.807) is 50.5 Å². The summed E-state index contributed by atoms with van der Waals surface area (Å²) in [6.45, 7) is 3.68. The molecule has 2 aromatic heterocycles. The summed E-state index contributed by atoms with van der Waals surface area (Å²) in [6.07, 6.45) is 4.31. The van der Waals surface area contributed by atoms with E-state index in [-0.39, 0.29) is 55.9 Å². The van der Waals surface area contributed by atoms with Crippen molar-refractivity contribution >= 4 is 90.7 Å². The van der Waals surface area contributed by atoms with Crippen molar-refractivity contribution in [2.24, 2.45) is 23.1 Å². The van der Waals surface area contributed by atoms with E-state index < -0.39 is 102 Å². The predicted molar refractivity (Wildman–Crippen MR) is 309 cm³/mol. The van der Waals surface area contributed by atoms with Crippen LogP contribution in [0.1, 0.15) is 55.4 Å². The quantitative estimate of drug-likeness (QED) is 0.0433. The van der Waals surface area contributed by atoms with Crippen molar-refractivity contribution in [2.75, 3.05) is 18.1 Å². The molecule has 4 aromatic carbocycles. The molecular weight excluding hydrogens is 1060 g/mol. The number of phenols is 1. The van der Waals surface area contributed by atoms with Crippen molar-refractivity contribution in [3.05, 3.63) is 138 Å². The van der Waals surface area contributed by atoms with Gasteiger partial charge in [0, 0.05) is 65.0 Å². The van der Waals surface area contributed by atoms with E-state index in [1.807, 2.05) is 66.7 Å². The first-order chi connectivity index (χ1) is 38.5. The standard InChI is InChI=1S/C57H70N12O9S2/c1-32(2)49-57(78)68-48(55(76)64-44(50(60)71)26-35-28-61-41-16-8-6-14-38(35)41)31-80-79-30-47(67-51(72)40(59)24-33-12-4-3-5-13-33)56(77)65-45(25-34-19-21-37(70)22-20-34)53(74)66-46(27-36-29-62-42-17-9-7-15-39(36)42)54(75)63-43(52(73)69-49)18-10-11-23-58/h3-9,12-17,19-22,28-29,32,40,43-49,61-62,70H,10-11,18,23-27,30-31,58-59H2,1-2H3,(H2,60,71)(H,63,75)(H,64,76)(H,65,77)(H,66,74)(H,67,72)(H,68,78)(H,69,73)/t40-,43?,44+,45+,46-,47?,48+,49?/m1/s1. The number of amides is 8. The number of unbranched alkanes of at least 4 members (excludes halogenated alkanes) is 1. The number of carbonyl (C=O) groups excluding carboxylic acids is 8. The zero-order valence-electron chi connectivity index (χ0n) is 44.5. The van der Waals surface area contributed by atoms with Gasteiger partial charge in [0.05, 0.1) is 6.04 Å². The summed E-state index contributed by atoms with van der Waals surface area (Å²) in [7, 11) is 2.13. The first-order valence-electron chi connectivity index (χ1n) is 26.5. The Bertz CT molecular complexity index is 3120. The number of nitrogens with one attached hydrogen (secondary N) is 9. The number of nitrogens with two attached hydrogens (primary N) is 3. The zero-order chi connectivity index (χ0) is 57.3. The van der Waals surface area contributed by atoms with Gasteiger partial charge in [-0.05, 0) is 84.7 Å². The highest BCUT2D eigenvalue weighted by Gasteiger charge is 2.36. The van der Waals surface area contributed by atoms with Crippen molar-refractivity contribution in [3.8, 4) is 5.75 Å². The molecule has 23 heteroatoms. The number of benzene rings is 4. The Labute approximate surface area is 471 Å². The van der Waals surface area contributed by atoms with Gasteiger partial charge in [0.25, 0.3) is 0 Å². The maximum Gasteiger partial charge on any atom is 0.244 e. The fourth-order valence-corrected chi connectivity index (χ4v) is 11.6. The predicted octanol–water partition coefficient (Wildman–Crippen LogP) is 2.01. The van der Waals surface area contributed by atoms with E-state index >= 15 is 0 Å². The maximum absolute atomic E-state index is 14.9. The number of rotatable bonds is 18. The minimum absolute atomic E-state index is 0.00683. The number of primary amides is 1. The summed E-state index contributed by atoms with van der Waals surface area (Å²) in [4.78, 5) is 121. The first kappa shape index (κ1) is 59.8. The SMILES string of the molecule is CC(C)C1NC(=O)C(CCCCN)NC(=O)[C@@H](Cc2c[nH]c3ccccc23)NC(=O)[C@H](Cc2ccc(O)cc2)NC(=O)C(NC(=O)[C@H](N)Cc2ccccc2)CSSC[C@@H](C(=O)N[C@@H](Cc2c[nH]c3ccccc23)C(N)=O)NC1=O. The number of hydrogen-bond donors (Lipinski definition) is 13. The van der Waals surface area contributed by atoms with E-state index in [9.17, 15) is 43.5 Å². The molecule has 1 aliphatic rings. The van der Waals surface area contributed by atoms with Crippen LogP contribution in [0.3, 0.4) is 0 Å². The van der Waals surface area contributed by atoms with Gasteiger partial charge in [-0.15, -0.1) is 0 Å². The van der Waals surface area contributed by atoms with Gasteiger partial charge in [0.2, 0.25) is 47.3 Å². The number of fused-ring (bicyclic) bond motifs is 2. The lowest BCUT2D eigenvalue weighted by Gasteiger charge is -2.29. The number of para-hydroxylation sites is 2. The van der Waals surface area contributed by atoms with E-state index in [4.69, 9.17) is 17.2 Å². The largest absolute Gasteiger partial charge is 0.508 e.